The van der Waals surface area contributed by atoms with Crippen LogP contribution < -0.4 is 10.6 Å². The quantitative estimate of drug-likeness (QED) is 0.393. The van der Waals surface area contributed by atoms with E-state index in [2.05, 4.69) is 40.5 Å². The Labute approximate surface area is 270 Å². The molecular weight excluding hydrogens is 593 g/mol. The van der Waals surface area contributed by atoms with Gasteiger partial charge in [-0.3, -0.25) is 24.0 Å². The number of H-pyrrole nitrogens is 1. The minimum Gasteiger partial charge on any atom is -0.366 e. The van der Waals surface area contributed by atoms with Gasteiger partial charge in [0.25, 0.3) is 0 Å². The largest absolute Gasteiger partial charge is 0.366 e. The molecule has 0 bridgehead atoms. The Kier molecular flexibility index (Phi) is 8.98. The topological polar surface area (TPSA) is 97.8 Å². The SMILES string of the molecule is CCCN1C(=O)[C@H](CC(=O)N2CCC(n3c(=O)[nH]c4ncccc43)CC2)SC1c1cccc(F)c1N1CCN(C(C)(C)C)CC1.[HH].[HH]. The van der Waals surface area contributed by atoms with Gasteiger partial charge in [0.05, 0.1) is 16.5 Å². The van der Waals surface area contributed by atoms with Crippen molar-refractivity contribution in [2.75, 3.05) is 50.7 Å². The number of aromatic nitrogens is 3. The number of piperidine rings is 1. The standard InChI is InChI=1S/C33H44FN7O3S.2H2/c1-5-14-40-30(43)26(21-27(42)37-15-11-22(12-16-37)41-25-10-7-13-35-29(25)36-32(41)44)45-31(40)23-8-6-9-24(34)28(23)38-17-19-39(20-18-38)33(2,3)4;;/h6-10,13,22,26,31H,5,11-12,14-21H2,1-4H3,(H,35,36,44);2*1H/t26-,31?;;/m0../s1. The molecule has 3 aromatic rings. The maximum absolute atomic E-state index is 15.6. The number of nitrogens with one attached hydrogen (secondary N) is 1. The van der Waals surface area contributed by atoms with E-state index in [-0.39, 0.29) is 49.6 Å². The van der Waals surface area contributed by atoms with E-state index in [0.717, 1.165) is 30.6 Å². The monoisotopic (exact) mass is 641 g/mol. The maximum atomic E-state index is 15.6. The molecule has 6 rings (SSSR count). The molecule has 12 heteroatoms. The molecule has 2 atom stereocenters. The number of amides is 2. The number of fused-ring (bicyclic) bond motifs is 1. The van der Waals surface area contributed by atoms with Crippen LogP contribution >= 0.6 is 11.8 Å². The Morgan fingerprint density at radius 3 is 2.49 bits per heavy atom. The predicted molar refractivity (Wildman–Crippen MR) is 180 cm³/mol. The summed E-state index contributed by atoms with van der Waals surface area (Å²) in [5.74, 6) is -0.378. The first-order valence-corrected chi connectivity index (χ1v) is 17.1. The van der Waals surface area contributed by atoms with Gasteiger partial charge in [0.2, 0.25) is 11.8 Å². The molecule has 5 heterocycles. The van der Waals surface area contributed by atoms with Crippen molar-refractivity contribution in [2.45, 2.75) is 75.6 Å². The number of thioether (sulfide) groups is 1. The van der Waals surface area contributed by atoms with E-state index >= 15 is 4.39 Å². The summed E-state index contributed by atoms with van der Waals surface area (Å²) < 4.78 is 17.3. The van der Waals surface area contributed by atoms with E-state index in [1.165, 1.54) is 17.8 Å². The number of carbonyl (C=O) groups excluding carboxylic acids is 2. The van der Waals surface area contributed by atoms with Crippen LogP contribution in [0.5, 0.6) is 0 Å². The number of benzene rings is 1. The highest BCUT2D eigenvalue weighted by Gasteiger charge is 2.44. The molecule has 3 fully saturated rings. The summed E-state index contributed by atoms with van der Waals surface area (Å²) in [5, 5.41) is -0.877. The lowest BCUT2D eigenvalue weighted by atomic mass is 10.0. The molecule has 0 saturated carbocycles. The van der Waals surface area contributed by atoms with Crippen LogP contribution in [0.1, 0.15) is 73.2 Å². The van der Waals surface area contributed by atoms with Gasteiger partial charge in [-0.15, -0.1) is 11.8 Å². The first kappa shape index (κ1) is 31.6. The molecule has 0 spiro atoms. The zero-order chi connectivity index (χ0) is 31.9. The molecular formula is C33H48FN7O3S. The second-order valence-electron chi connectivity index (χ2n) is 13.3. The molecule has 3 saturated heterocycles. The van der Waals surface area contributed by atoms with Crippen LogP contribution in [0.15, 0.2) is 41.3 Å². The number of hydrogen-bond acceptors (Lipinski definition) is 7. The molecule has 10 nitrogen and oxygen atoms in total. The number of nitrogens with zero attached hydrogens (tertiary/aromatic N) is 6. The van der Waals surface area contributed by atoms with Gasteiger partial charge < -0.3 is 14.7 Å². The van der Waals surface area contributed by atoms with Crippen LogP contribution in [0.3, 0.4) is 0 Å². The molecule has 1 aromatic carbocycles. The number of carbonyl (C=O) groups is 2. The van der Waals surface area contributed by atoms with Crippen molar-refractivity contribution in [3.05, 3.63) is 58.4 Å². The number of imidazole rings is 1. The van der Waals surface area contributed by atoms with E-state index in [9.17, 15) is 14.4 Å². The average molecular weight is 642 g/mol. The van der Waals surface area contributed by atoms with Crippen LogP contribution in [0.25, 0.3) is 11.2 Å². The number of pyridine rings is 1. The number of hydrogen-bond donors (Lipinski definition) is 1. The summed E-state index contributed by atoms with van der Waals surface area (Å²) in [7, 11) is 0. The molecule has 2 aromatic heterocycles. The third kappa shape index (κ3) is 6.23. The minimum atomic E-state index is -0.525. The van der Waals surface area contributed by atoms with Crippen LogP contribution in [0.2, 0.25) is 0 Å². The first-order valence-electron chi connectivity index (χ1n) is 16.1. The highest BCUT2D eigenvalue weighted by Crippen LogP contribution is 2.48. The number of halogens is 1. The van der Waals surface area contributed by atoms with Gasteiger partial charge >= 0.3 is 5.69 Å². The minimum absolute atomic E-state index is 0. The van der Waals surface area contributed by atoms with Crippen LogP contribution in [-0.2, 0) is 9.59 Å². The van der Waals surface area contributed by atoms with Crippen LogP contribution in [-0.4, -0.2) is 97.7 Å². The number of aromatic amines is 1. The highest BCUT2D eigenvalue weighted by molar-refractivity contribution is 8.01. The Hall–Kier alpha value is -3.38. The van der Waals surface area contributed by atoms with E-state index < -0.39 is 5.25 Å². The van der Waals surface area contributed by atoms with Gasteiger partial charge in [0, 0.05) is 78.4 Å². The second-order valence-corrected chi connectivity index (χ2v) is 14.6. The Bertz CT molecular complexity index is 1610. The smallest absolute Gasteiger partial charge is 0.327 e. The fourth-order valence-corrected chi connectivity index (χ4v) is 8.58. The Morgan fingerprint density at radius 1 is 1.07 bits per heavy atom. The van der Waals surface area contributed by atoms with E-state index in [0.29, 0.717) is 56.9 Å². The highest BCUT2D eigenvalue weighted by atomic mass is 32.2. The molecule has 0 radical (unpaired) electrons. The number of piperazine rings is 1. The van der Waals surface area contributed by atoms with Crippen molar-refractivity contribution in [3.63, 3.8) is 0 Å². The van der Waals surface area contributed by atoms with Crippen molar-refractivity contribution in [1.29, 1.82) is 0 Å². The summed E-state index contributed by atoms with van der Waals surface area (Å²) in [5.41, 5.74) is 2.59. The zero-order valence-corrected chi connectivity index (χ0v) is 27.5. The lowest BCUT2D eigenvalue weighted by Crippen LogP contribution is -2.53. The third-order valence-electron chi connectivity index (χ3n) is 9.46. The first-order chi connectivity index (χ1) is 21.6. The molecule has 3 aliphatic rings. The van der Waals surface area contributed by atoms with Gasteiger partial charge in [0.1, 0.15) is 11.2 Å². The Balaban J connectivity index is 0.00000250. The molecule has 2 amide bonds. The zero-order valence-electron chi connectivity index (χ0n) is 26.7. The van der Waals surface area contributed by atoms with Gasteiger partial charge in [-0.1, -0.05) is 19.1 Å². The van der Waals surface area contributed by atoms with E-state index in [1.54, 1.807) is 16.8 Å². The fraction of sp³-hybridized carbons (Fsp3) is 0.576. The molecule has 0 aliphatic carbocycles. The summed E-state index contributed by atoms with van der Waals surface area (Å²) >= 11 is 1.47. The fourth-order valence-electron chi connectivity index (χ4n) is 7.08. The van der Waals surface area contributed by atoms with Gasteiger partial charge in [-0.25, -0.2) is 14.2 Å². The lowest BCUT2D eigenvalue weighted by Gasteiger charge is -2.43. The molecule has 1 N–H and O–H groups in total. The van der Waals surface area contributed by atoms with E-state index in [4.69, 9.17) is 0 Å². The number of rotatable bonds is 7. The van der Waals surface area contributed by atoms with Crippen molar-refractivity contribution in [3.8, 4) is 0 Å². The normalized spacial score (nSPS) is 22.2. The van der Waals surface area contributed by atoms with Crippen molar-refractivity contribution in [1.82, 2.24) is 29.2 Å². The van der Waals surface area contributed by atoms with Crippen molar-refractivity contribution < 1.29 is 16.8 Å². The van der Waals surface area contributed by atoms with Crippen LogP contribution in [0.4, 0.5) is 10.1 Å². The van der Waals surface area contributed by atoms with Crippen molar-refractivity contribution >= 4 is 40.4 Å². The maximum Gasteiger partial charge on any atom is 0.327 e. The second kappa shape index (κ2) is 12.8. The molecule has 3 aliphatic heterocycles. The molecule has 246 valence electrons. The number of para-hydroxylation sites is 1. The summed E-state index contributed by atoms with van der Waals surface area (Å²) in [6.45, 7) is 13.3. The summed E-state index contributed by atoms with van der Waals surface area (Å²) in [4.78, 5) is 55.3. The summed E-state index contributed by atoms with van der Waals surface area (Å²) in [6, 6.07) is 8.85. The lowest BCUT2D eigenvalue weighted by molar-refractivity contribution is -0.136. The van der Waals surface area contributed by atoms with Gasteiger partial charge in [-0.2, -0.15) is 0 Å². The van der Waals surface area contributed by atoms with Crippen molar-refractivity contribution in [2.24, 2.45) is 0 Å². The third-order valence-corrected chi connectivity index (χ3v) is 10.9. The molecule has 45 heavy (non-hydrogen) atoms. The van der Waals surface area contributed by atoms with Crippen LogP contribution in [0, 0.1) is 5.82 Å². The van der Waals surface area contributed by atoms with Gasteiger partial charge in [0.15, 0.2) is 5.65 Å². The average Bonchev–Trinajstić information content (AvgIpc) is 3.52. The summed E-state index contributed by atoms with van der Waals surface area (Å²) in [6.07, 6.45) is 3.84. The Morgan fingerprint density at radius 2 is 1.80 bits per heavy atom. The van der Waals surface area contributed by atoms with E-state index in [1.807, 2.05) is 34.9 Å². The number of likely N-dealkylation sites (tertiary alicyclic amines) is 1. The molecule has 1 unspecified atom stereocenters. The van der Waals surface area contributed by atoms with Gasteiger partial charge in [-0.05, 0) is 58.2 Å². The predicted octanol–water partition coefficient (Wildman–Crippen LogP) is 4.88. The number of anilines is 1.